The lowest BCUT2D eigenvalue weighted by atomic mass is 10.1. The minimum Gasteiger partial charge on any atom is -0.378 e. The van der Waals surface area contributed by atoms with Crippen LogP contribution in [0.4, 0.5) is 0 Å². The van der Waals surface area contributed by atoms with Crippen LogP contribution in [0.1, 0.15) is 31.4 Å². The molecule has 2 unspecified atom stereocenters. The molecule has 1 saturated heterocycles. The summed E-state index contributed by atoms with van der Waals surface area (Å²) in [6.07, 6.45) is 8.18. The number of rotatable bonds is 5. The smallest absolute Gasteiger partial charge is 0.0576 e. The molecule has 1 aromatic rings. The van der Waals surface area contributed by atoms with E-state index in [4.69, 9.17) is 4.74 Å². The molecule has 2 nitrogen and oxygen atoms in total. The van der Waals surface area contributed by atoms with Gasteiger partial charge in [-0.25, -0.2) is 0 Å². The molecule has 16 heavy (non-hydrogen) atoms. The number of nitrogens with zero attached hydrogens (tertiary/aromatic N) is 1. The maximum absolute atomic E-state index is 5.62. The van der Waals surface area contributed by atoms with Crippen LogP contribution >= 0.6 is 15.9 Å². The van der Waals surface area contributed by atoms with E-state index in [9.17, 15) is 0 Å². The van der Waals surface area contributed by atoms with Crippen LogP contribution < -0.4 is 0 Å². The van der Waals surface area contributed by atoms with Crippen molar-refractivity contribution in [1.82, 2.24) is 4.98 Å². The molecule has 0 amide bonds. The monoisotopic (exact) mass is 283 g/mol. The lowest BCUT2D eigenvalue weighted by Gasteiger charge is -2.12. The van der Waals surface area contributed by atoms with Crippen molar-refractivity contribution < 1.29 is 4.74 Å². The number of alkyl halides is 1. The van der Waals surface area contributed by atoms with Gasteiger partial charge in [-0.2, -0.15) is 0 Å². The van der Waals surface area contributed by atoms with Crippen molar-refractivity contribution in [1.29, 1.82) is 0 Å². The van der Waals surface area contributed by atoms with Crippen LogP contribution in [0.15, 0.2) is 24.4 Å². The molecule has 2 heterocycles. The Labute approximate surface area is 106 Å². The van der Waals surface area contributed by atoms with Crippen LogP contribution in [-0.2, 0) is 11.2 Å². The average Bonchev–Trinajstić information content (AvgIpc) is 2.81. The fourth-order valence-corrected chi connectivity index (χ4v) is 2.68. The molecule has 0 radical (unpaired) electrons. The Bertz CT molecular complexity index is 298. The van der Waals surface area contributed by atoms with Crippen LogP contribution in [-0.4, -0.2) is 22.5 Å². The van der Waals surface area contributed by atoms with Gasteiger partial charge in [0.25, 0.3) is 0 Å². The molecule has 0 bridgehead atoms. The standard InChI is InChI=1S/C13H18BrNO/c14-11(6-7-13-5-3-9-16-13)10-12-4-1-2-8-15-12/h1-2,4,8,11,13H,3,5-7,9-10H2. The van der Waals surface area contributed by atoms with Crippen molar-refractivity contribution in [3.8, 4) is 0 Å². The zero-order valence-electron chi connectivity index (χ0n) is 9.44. The highest BCUT2D eigenvalue weighted by atomic mass is 79.9. The Kier molecular flexibility index (Phi) is 4.79. The second-order valence-corrected chi connectivity index (χ2v) is 5.63. The number of halogens is 1. The molecular formula is C13H18BrNO. The van der Waals surface area contributed by atoms with Gasteiger partial charge in [-0.3, -0.25) is 4.98 Å². The van der Waals surface area contributed by atoms with Gasteiger partial charge in [0.2, 0.25) is 0 Å². The summed E-state index contributed by atoms with van der Waals surface area (Å²) >= 11 is 3.73. The zero-order chi connectivity index (χ0) is 11.2. The fraction of sp³-hybridized carbons (Fsp3) is 0.615. The second kappa shape index (κ2) is 6.36. The average molecular weight is 284 g/mol. The van der Waals surface area contributed by atoms with Crippen molar-refractivity contribution in [3.05, 3.63) is 30.1 Å². The van der Waals surface area contributed by atoms with Gasteiger partial charge in [-0.05, 0) is 37.8 Å². The molecule has 1 aliphatic rings. The molecule has 2 rings (SSSR count). The largest absolute Gasteiger partial charge is 0.378 e. The normalized spacial score (nSPS) is 22.2. The third-order valence-electron chi connectivity index (χ3n) is 2.98. The van der Waals surface area contributed by atoms with E-state index in [1.807, 2.05) is 18.3 Å². The van der Waals surface area contributed by atoms with Gasteiger partial charge in [-0.15, -0.1) is 0 Å². The first-order chi connectivity index (χ1) is 7.84. The molecule has 2 atom stereocenters. The topological polar surface area (TPSA) is 22.1 Å². The molecule has 1 aromatic heterocycles. The van der Waals surface area contributed by atoms with Gasteiger partial charge in [0.1, 0.15) is 0 Å². The van der Waals surface area contributed by atoms with Crippen molar-refractivity contribution in [2.24, 2.45) is 0 Å². The third kappa shape index (κ3) is 3.87. The molecule has 88 valence electrons. The predicted molar refractivity (Wildman–Crippen MR) is 68.9 cm³/mol. The Morgan fingerprint density at radius 2 is 2.44 bits per heavy atom. The number of hydrogen-bond donors (Lipinski definition) is 0. The molecule has 3 heteroatoms. The summed E-state index contributed by atoms with van der Waals surface area (Å²) in [4.78, 5) is 4.86. The highest BCUT2D eigenvalue weighted by Gasteiger charge is 2.17. The number of hydrogen-bond acceptors (Lipinski definition) is 2. The van der Waals surface area contributed by atoms with Gasteiger partial charge in [0.15, 0.2) is 0 Å². The molecule has 0 saturated carbocycles. The first-order valence-electron chi connectivity index (χ1n) is 6.00. The molecule has 1 aliphatic heterocycles. The Morgan fingerprint density at radius 1 is 1.50 bits per heavy atom. The lowest BCUT2D eigenvalue weighted by Crippen LogP contribution is -2.10. The summed E-state index contributed by atoms with van der Waals surface area (Å²) in [5, 5.41) is 0. The highest BCUT2D eigenvalue weighted by molar-refractivity contribution is 9.09. The fourth-order valence-electron chi connectivity index (χ4n) is 2.09. The summed E-state index contributed by atoms with van der Waals surface area (Å²) in [7, 11) is 0. The van der Waals surface area contributed by atoms with Crippen LogP contribution in [0, 0.1) is 0 Å². The minimum absolute atomic E-state index is 0.504. The minimum atomic E-state index is 0.504. The van der Waals surface area contributed by atoms with Crippen LogP contribution in [0.3, 0.4) is 0 Å². The Morgan fingerprint density at radius 3 is 3.12 bits per heavy atom. The van der Waals surface area contributed by atoms with Crippen molar-refractivity contribution in [2.45, 2.75) is 43.0 Å². The Hall–Kier alpha value is -0.410. The van der Waals surface area contributed by atoms with E-state index in [2.05, 4.69) is 27.0 Å². The van der Waals surface area contributed by atoms with E-state index in [1.165, 1.54) is 25.7 Å². The van der Waals surface area contributed by atoms with Crippen LogP contribution in [0.25, 0.3) is 0 Å². The van der Waals surface area contributed by atoms with Gasteiger partial charge >= 0.3 is 0 Å². The maximum Gasteiger partial charge on any atom is 0.0576 e. The molecule has 0 spiro atoms. The Balaban J connectivity index is 1.69. The lowest BCUT2D eigenvalue weighted by molar-refractivity contribution is 0.102. The second-order valence-electron chi connectivity index (χ2n) is 4.33. The van der Waals surface area contributed by atoms with Crippen molar-refractivity contribution in [3.63, 3.8) is 0 Å². The molecular weight excluding hydrogens is 266 g/mol. The summed E-state index contributed by atoms with van der Waals surface area (Å²) in [5.74, 6) is 0. The van der Waals surface area contributed by atoms with Gasteiger partial charge in [-0.1, -0.05) is 22.0 Å². The maximum atomic E-state index is 5.62. The SMILES string of the molecule is BrC(CCC1CCCO1)Cc1ccccn1. The van der Waals surface area contributed by atoms with E-state index in [-0.39, 0.29) is 0 Å². The summed E-state index contributed by atoms with van der Waals surface area (Å²) in [6.45, 7) is 0.956. The molecule has 1 fully saturated rings. The highest BCUT2D eigenvalue weighted by Crippen LogP contribution is 2.21. The summed E-state index contributed by atoms with van der Waals surface area (Å²) in [6, 6.07) is 6.08. The van der Waals surface area contributed by atoms with Crippen molar-refractivity contribution >= 4 is 15.9 Å². The number of pyridine rings is 1. The summed E-state index contributed by atoms with van der Waals surface area (Å²) in [5.41, 5.74) is 1.16. The number of ether oxygens (including phenoxy) is 1. The molecule has 0 aromatic carbocycles. The van der Waals surface area contributed by atoms with E-state index in [0.29, 0.717) is 10.9 Å². The summed E-state index contributed by atoms with van der Waals surface area (Å²) < 4.78 is 5.62. The van der Waals surface area contributed by atoms with Crippen molar-refractivity contribution in [2.75, 3.05) is 6.61 Å². The zero-order valence-corrected chi connectivity index (χ0v) is 11.0. The molecule has 0 N–H and O–H groups in total. The van der Waals surface area contributed by atoms with E-state index < -0.39 is 0 Å². The first kappa shape index (κ1) is 12.1. The van der Waals surface area contributed by atoms with Gasteiger partial charge < -0.3 is 4.74 Å². The number of aromatic nitrogens is 1. The molecule has 0 aliphatic carbocycles. The van der Waals surface area contributed by atoms with E-state index in [0.717, 1.165) is 18.7 Å². The van der Waals surface area contributed by atoms with Crippen LogP contribution in [0.2, 0.25) is 0 Å². The third-order valence-corrected chi connectivity index (χ3v) is 3.76. The predicted octanol–water partition coefficient (Wildman–Crippen LogP) is 3.35. The van der Waals surface area contributed by atoms with E-state index in [1.54, 1.807) is 0 Å². The van der Waals surface area contributed by atoms with Gasteiger partial charge in [0.05, 0.1) is 6.10 Å². The van der Waals surface area contributed by atoms with Crippen LogP contribution in [0.5, 0.6) is 0 Å². The quantitative estimate of drug-likeness (QED) is 0.774. The van der Waals surface area contributed by atoms with E-state index >= 15 is 0 Å². The first-order valence-corrected chi connectivity index (χ1v) is 6.92. The van der Waals surface area contributed by atoms with Gasteiger partial charge in [0, 0.05) is 29.7 Å².